The molecule has 0 saturated carbocycles. The first-order valence-electron chi connectivity index (χ1n) is 4.84. The van der Waals surface area contributed by atoms with E-state index >= 15 is 0 Å². The highest BCUT2D eigenvalue weighted by Gasteiger charge is 2.12. The third-order valence-corrected chi connectivity index (χ3v) is 2.87. The molecule has 0 aliphatic carbocycles. The molecule has 3 heteroatoms. The largest absolute Gasteiger partial charge is 0.388 e. The van der Waals surface area contributed by atoms with E-state index in [9.17, 15) is 5.11 Å². The number of halogens is 2. The molecule has 0 spiro atoms. The Hall–Kier alpha value is -0.500. The lowest BCUT2D eigenvalue weighted by atomic mass is 10.0. The average Bonchev–Trinajstić information content (AvgIpc) is 2.17. The second kappa shape index (κ2) is 5.55. The SMILES string of the molecule is C=C(CC)CC(O)c1ccc(Cl)cc1Cl. The average molecular weight is 245 g/mol. The molecule has 1 nitrogen and oxygen atoms in total. The van der Waals surface area contributed by atoms with Gasteiger partial charge in [0.1, 0.15) is 0 Å². The zero-order chi connectivity index (χ0) is 11.4. The Balaban J connectivity index is 2.82. The molecular formula is C12H14Cl2O. The van der Waals surface area contributed by atoms with Crippen molar-refractivity contribution in [2.45, 2.75) is 25.9 Å². The molecule has 0 aliphatic heterocycles. The second-order valence-electron chi connectivity index (χ2n) is 3.49. The van der Waals surface area contributed by atoms with Crippen LogP contribution in [0.1, 0.15) is 31.4 Å². The third-order valence-electron chi connectivity index (χ3n) is 2.30. The highest BCUT2D eigenvalue weighted by Crippen LogP contribution is 2.29. The summed E-state index contributed by atoms with van der Waals surface area (Å²) in [7, 11) is 0. The molecule has 15 heavy (non-hydrogen) atoms. The minimum Gasteiger partial charge on any atom is -0.388 e. The van der Waals surface area contributed by atoms with Crippen LogP contribution in [0.25, 0.3) is 0 Å². The maximum Gasteiger partial charge on any atom is 0.0841 e. The fourth-order valence-corrected chi connectivity index (χ4v) is 1.83. The molecule has 0 bridgehead atoms. The minimum atomic E-state index is -0.595. The molecule has 0 fully saturated rings. The van der Waals surface area contributed by atoms with Gasteiger partial charge in [-0.3, -0.25) is 0 Å². The standard InChI is InChI=1S/C12H14Cl2O/c1-3-8(2)6-12(15)10-5-4-9(13)7-11(10)14/h4-5,7,12,15H,2-3,6H2,1H3. The van der Waals surface area contributed by atoms with Crippen molar-refractivity contribution >= 4 is 23.2 Å². The summed E-state index contributed by atoms with van der Waals surface area (Å²) in [6.07, 6.45) is 0.808. The lowest BCUT2D eigenvalue weighted by molar-refractivity contribution is 0.177. The van der Waals surface area contributed by atoms with Gasteiger partial charge in [0.25, 0.3) is 0 Å². The Morgan fingerprint density at radius 3 is 2.67 bits per heavy atom. The zero-order valence-electron chi connectivity index (χ0n) is 8.63. The summed E-state index contributed by atoms with van der Waals surface area (Å²) in [4.78, 5) is 0. The molecule has 0 heterocycles. The number of benzene rings is 1. The Morgan fingerprint density at radius 2 is 2.13 bits per heavy atom. The van der Waals surface area contributed by atoms with E-state index in [-0.39, 0.29) is 0 Å². The van der Waals surface area contributed by atoms with Crippen LogP contribution < -0.4 is 0 Å². The van der Waals surface area contributed by atoms with Gasteiger partial charge in [-0.15, -0.1) is 0 Å². The topological polar surface area (TPSA) is 20.2 Å². The first-order chi connectivity index (χ1) is 7.04. The smallest absolute Gasteiger partial charge is 0.0841 e. The predicted molar refractivity (Wildman–Crippen MR) is 65.5 cm³/mol. The van der Waals surface area contributed by atoms with Gasteiger partial charge in [0.15, 0.2) is 0 Å². The van der Waals surface area contributed by atoms with Crippen molar-refractivity contribution in [3.8, 4) is 0 Å². The van der Waals surface area contributed by atoms with Crippen LogP contribution in [0.2, 0.25) is 10.0 Å². The number of aliphatic hydroxyl groups is 1. The number of hydrogen-bond acceptors (Lipinski definition) is 1. The van der Waals surface area contributed by atoms with Gasteiger partial charge in [0.05, 0.1) is 6.10 Å². The fourth-order valence-electron chi connectivity index (χ4n) is 1.30. The molecule has 82 valence electrons. The molecule has 0 aliphatic rings. The van der Waals surface area contributed by atoms with E-state index in [0.29, 0.717) is 22.0 Å². The van der Waals surface area contributed by atoms with Crippen molar-refractivity contribution in [1.82, 2.24) is 0 Å². The maximum atomic E-state index is 9.91. The van der Waals surface area contributed by atoms with E-state index in [1.807, 2.05) is 6.92 Å². The van der Waals surface area contributed by atoms with E-state index in [1.54, 1.807) is 18.2 Å². The van der Waals surface area contributed by atoms with Gasteiger partial charge in [-0.2, -0.15) is 0 Å². The fraction of sp³-hybridized carbons (Fsp3) is 0.333. The van der Waals surface area contributed by atoms with Crippen LogP contribution in [-0.4, -0.2) is 5.11 Å². The summed E-state index contributed by atoms with van der Waals surface area (Å²) in [6, 6.07) is 5.11. The van der Waals surface area contributed by atoms with Crippen LogP contribution in [0.15, 0.2) is 30.4 Å². The van der Waals surface area contributed by atoms with E-state index in [0.717, 1.165) is 12.0 Å². The molecule has 1 aromatic rings. The molecule has 1 unspecified atom stereocenters. The monoisotopic (exact) mass is 244 g/mol. The molecular weight excluding hydrogens is 231 g/mol. The predicted octanol–water partition coefficient (Wildman–Crippen LogP) is 4.38. The highest BCUT2D eigenvalue weighted by molar-refractivity contribution is 6.35. The van der Waals surface area contributed by atoms with E-state index in [2.05, 4.69) is 6.58 Å². The highest BCUT2D eigenvalue weighted by atomic mass is 35.5. The van der Waals surface area contributed by atoms with Crippen molar-refractivity contribution < 1.29 is 5.11 Å². The normalized spacial score (nSPS) is 12.5. The van der Waals surface area contributed by atoms with Crippen molar-refractivity contribution in [2.24, 2.45) is 0 Å². The van der Waals surface area contributed by atoms with E-state index in [1.165, 1.54) is 0 Å². The minimum absolute atomic E-state index is 0.499. The van der Waals surface area contributed by atoms with Gasteiger partial charge in [0.2, 0.25) is 0 Å². The Labute approximate surface area is 100 Å². The van der Waals surface area contributed by atoms with Crippen LogP contribution in [0.4, 0.5) is 0 Å². The van der Waals surface area contributed by atoms with Crippen molar-refractivity contribution in [2.75, 3.05) is 0 Å². The number of aliphatic hydroxyl groups excluding tert-OH is 1. The second-order valence-corrected chi connectivity index (χ2v) is 4.33. The molecule has 1 aromatic carbocycles. The van der Waals surface area contributed by atoms with Gasteiger partial charge in [-0.25, -0.2) is 0 Å². The van der Waals surface area contributed by atoms with Crippen molar-refractivity contribution in [3.63, 3.8) is 0 Å². The zero-order valence-corrected chi connectivity index (χ0v) is 10.1. The summed E-state index contributed by atoms with van der Waals surface area (Å²) in [6.45, 7) is 5.87. The van der Waals surface area contributed by atoms with Gasteiger partial charge in [-0.05, 0) is 30.5 Å². The summed E-state index contributed by atoms with van der Waals surface area (Å²) in [5.74, 6) is 0. The summed E-state index contributed by atoms with van der Waals surface area (Å²) >= 11 is 11.7. The van der Waals surface area contributed by atoms with Crippen LogP contribution in [0.5, 0.6) is 0 Å². The van der Waals surface area contributed by atoms with Crippen LogP contribution in [0.3, 0.4) is 0 Å². The van der Waals surface area contributed by atoms with Gasteiger partial charge in [-0.1, -0.05) is 48.3 Å². The van der Waals surface area contributed by atoms with Gasteiger partial charge < -0.3 is 5.11 Å². The van der Waals surface area contributed by atoms with E-state index < -0.39 is 6.10 Å². The molecule has 1 rings (SSSR count). The molecule has 0 radical (unpaired) electrons. The summed E-state index contributed by atoms with van der Waals surface area (Å²) in [5.41, 5.74) is 1.71. The van der Waals surface area contributed by atoms with Gasteiger partial charge >= 0.3 is 0 Å². The molecule has 0 saturated heterocycles. The summed E-state index contributed by atoms with van der Waals surface area (Å²) < 4.78 is 0. The number of rotatable bonds is 4. The molecule has 1 N–H and O–H groups in total. The lowest BCUT2D eigenvalue weighted by Gasteiger charge is -2.13. The Kier molecular flexibility index (Phi) is 4.65. The first-order valence-corrected chi connectivity index (χ1v) is 5.59. The van der Waals surface area contributed by atoms with Crippen molar-refractivity contribution in [3.05, 3.63) is 46.0 Å². The molecule has 0 aromatic heterocycles. The Morgan fingerprint density at radius 1 is 1.47 bits per heavy atom. The maximum absolute atomic E-state index is 9.91. The van der Waals surface area contributed by atoms with Crippen LogP contribution >= 0.6 is 23.2 Å². The Bertz CT molecular complexity index is 361. The third kappa shape index (κ3) is 3.53. The van der Waals surface area contributed by atoms with Crippen molar-refractivity contribution in [1.29, 1.82) is 0 Å². The van der Waals surface area contributed by atoms with Crippen LogP contribution in [0, 0.1) is 0 Å². The quantitative estimate of drug-likeness (QED) is 0.780. The van der Waals surface area contributed by atoms with E-state index in [4.69, 9.17) is 23.2 Å². The molecule has 0 amide bonds. The summed E-state index contributed by atoms with van der Waals surface area (Å²) in [5, 5.41) is 11.0. The molecule has 1 atom stereocenters. The number of hydrogen-bond donors (Lipinski definition) is 1. The lowest BCUT2D eigenvalue weighted by Crippen LogP contribution is -1.99. The van der Waals surface area contributed by atoms with Crippen LogP contribution in [-0.2, 0) is 0 Å². The first kappa shape index (κ1) is 12.6. The van der Waals surface area contributed by atoms with Gasteiger partial charge in [0, 0.05) is 10.0 Å².